The molecule has 0 saturated heterocycles. The van der Waals surface area contributed by atoms with Gasteiger partial charge in [-0.25, -0.2) is 16.8 Å². The van der Waals surface area contributed by atoms with Crippen molar-refractivity contribution in [2.24, 2.45) is 0 Å². The van der Waals surface area contributed by atoms with Crippen LogP contribution in [-0.4, -0.2) is 77.8 Å². The zero-order chi connectivity index (χ0) is 30.4. The van der Waals surface area contributed by atoms with Crippen LogP contribution in [0.5, 0.6) is 0 Å². The van der Waals surface area contributed by atoms with Gasteiger partial charge in [0, 0.05) is 0 Å². The van der Waals surface area contributed by atoms with Gasteiger partial charge in [-0.3, -0.25) is 0 Å². The van der Waals surface area contributed by atoms with Crippen LogP contribution in [0.25, 0.3) is 0 Å². The number of sulfone groups is 2. The maximum Gasteiger partial charge on any atom is 0.191 e. The SMILES string of the molecule is CCCCCCCCCCCCS(=O)(=O)C([C@H](O)[C@H](O)[C@@H](O)[C@H](C)O)S(=O)(=O)CCCCCCCCCCCC. The molecule has 0 aromatic heterocycles. The Morgan fingerprint density at radius 3 is 0.975 bits per heavy atom. The van der Waals surface area contributed by atoms with E-state index in [-0.39, 0.29) is 12.8 Å². The molecule has 0 rings (SSSR count). The van der Waals surface area contributed by atoms with Crippen molar-refractivity contribution in [3.05, 3.63) is 0 Å². The predicted molar refractivity (Wildman–Crippen MR) is 165 cm³/mol. The van der Waals surface area contributed by atoms with Gasteiger partial charge in [0.25, 0.3) is 0 Å². The number of unbranched alkanes of at least 4 members (excludes halogenated alkanes) is 18. The molecule has 0 aliphatic heterocycles. The van der Waals surface area contributed by atoms with E-state index >= 15 is 0 Å². The Bertz CT molecular complexity index is 745. The summed E-state index contributed by atoms with van der Waals surface area (Å²) in [6, 6.07) is 0. The van der Waals surface area contributed by atoms with Gasteiger partial charge in [0.05, 0.1) is 17.6 Å². The first-order valence-corrected chi connectivity index (χ1v) is 19.5. The third kappa shape index (κ3) is 17.6. The van der Waals surface area contributed by atoms with Crippen LogP contribution in [0.1, 0.15) is 149 Å². The molecule has 0 amide bonds. The molecular weight excluding hydrogens is 552 g/mol. The fourth-order valence-corrected chi connectivity index (χ4v) is 10.3. The third-order valence-corrected chi connectivity index (χ3v) is 13.2. The number of aliphatic hydroxyl groups excluding tert-OH is 4. The molecule has 10 heteroatoms. The van der Waals surface area contributed by atoms with Gasteiger partial charge in [0.2, 0.25) is 0 Å². The van der Waals surface area contributed by atoms with Gasteiger partial charge in [-0.05, 0) is 19.8 Å². The average molecular weight is 615 g/mol. The molecular formula is C30H62O8S2. The van der Waals surface area contributed by atoms with E-state index in [1.165, 1.54) is 58.3 Å². The van der Waals surface area contributed by atoms with Gasteiger partial charge in [-0.1, -0.05) is 129 Å². The van der Waals surface area contributed by atoms with Crippen LogP contribution in [0, 0.1) is 0 Å². The Morgan fingerprint density at radius 2 is 0.700 bits per heavy atom. The lowest BCUT2D eigenvalue weighted by Gasteiger charge is -2.30. The van der Waals surface area contributed by atoms with Gasteiger partial charge in [-0.2, -0.15) is 0 Å². The Labute approximate surface area is 246 Å². The van der Waals surface area contributed by atoms with E-state index in [0.29, 0.717) is 12.8 Å². The smallest absolute Gasteiger partial charge is 0.191 e. The first-order chi connectivity index (χ1) is 18.9. The van der Waals surface area contributed by atoms with Crippen LogP contribution in [0.2, 0.25) is 0 Å². The Hall–Kier alpha value is -0.260. The second-order valence-corrected chi connectivity index (χ2v) is 16.5. The first kappa shape index (κ1) is 39.7. The van der Waals surface area contributed by atoms with Crippen LogP contribution in [0.4, 0.5) is 0 Å². The molecule has 0 unspecified atom stereocenters. The van der Waals surface area contributed by atoms with Gasteiger partial charge in [0.1, 0.15) is 18.3 Å². The van der Waals surface area contributed by atoms with Crippen molar-refractivity contribution in [3.8, 4) is 0 Å². The highest BCUT2D eigenvalue weighted by molar-refractivity contribution is 8.09. The molecule has 0 radical (unpaired) electrons. The molecule has 4 N–H and O–H groups in total. The van der Waals surface area contributed by atoms with E-state index in [1.54, 1.807) is 0 Å². The zero-order valence-corrected chi connectivity index (χ0v) is 27.3. The maximum absolute atomic E-state index is 13.2. The van der Waals surface area contributed by atoms with Gasteiger partial charge in [0.15, 0.2) is 24.3 Å². The minimum atomic E-state index is -4.34. The summed E-state index contributed by atoms with van der Waals surface area (Å²) in [4.78, 5) is 0. The van der Waals surface area contributed by atoms with Crippen LogP contribution in [-0.2, 0) is 19.7 Å². The van der Waals surface area contributed by atoms with Crippen molar-refractivity contribution in [2.45, 2.75) is 178 Å². The highest BCUT2D eigenvalue weighted by Gasteiger charge is 2.47. The second kappa shape index (κ2) is 23.2. The normalized spacial score (nSPS) is 15.8. The zero-order valence-electron chi connectivity index (χ0n) is 25.7. The summed E-state index contributed by atoms with van der Waals surface area (Å²) in [5, 5.41) is 40.7. The molecule has 0 aliphatic carbocycles. The van der Waals surface area contributed by atoms with Crippen LogP contribution in [0.15, 0.2) is 0 Å². The number of rotatable bonds is 28. The van der Waals surface area contributed by atoms with Gasteiger partial charge < -0.3 is 20.4 Å². The molecule has 242 valence electrons. The Morgan fingerprint density at radius 1 is 0.425 bits per heavy atom. The second-order valence-electron chi connectivity index (χ2n) is 11.7. The van der Waals surface area contributed by atoms with Crippen LogP contribution < -0.4 is 0 Å². The maximum atomic E-state index is 13.2. The molecule has 4 atom stereocenters. The lowest BCUT2D eigenvalue weighted by Crippen LogP contribution is -2.54. The number of aliphatic hydroxyl groups is 4. The molecule has 0 spiro atoms. The number of hydrogen-bond acceptors (Lipinski definition) is 8. The minimum Gasteiger partial charge on any atom is -0.391 e. The number of hydrogen-bond donors (Lipinski definition) is 4. The molecule has 0 bridgehead atoms. The van der Waals surface area contributed by atoms with E-state index < -0.39 is 60.2 Å². The summed E-state index contributed by atoms with van der Waals surface area (Å²) in [5.74, 6) is -0.833. The standard InChI is InChI=1S/C30H62O8S2/c1-4-6-8-10-12-14-16-18-20-22-24-39(35,36)30(29(34)28(33)27(32)26(3)31)40(37,38)25-23-21-19-17-15-13-11-9-7-5-2/h26-34H,4-25H2,1-3H3/t26-,27-,28+,29+/m0/s1. The lowest BCUT2D eigenvalue weighted by atomic mass is 10.1. The van der Waals surface area contributed by atoms with E-state index in [9.17, 15) is 37.3 Å². The van der Waals surface area contributed by atoms with Crippen LogP contribution in [0.3, 0.4) is 0 Å². The highest BCUT2D eigenvalue weighted by atomic mass is 32.3. The molecule has 8 nitrogen and oxygen atoms in total. The van der Waals surface area contributed by atoms with Crippen molar-refractivity contribution in [2.75, 3.05) is 11.5 Å². The van der Waals surface area contributed by atoms with Crippen molar-refractivity contribution in [3.63, 3.8) is 0 Å². The van der Waals surface area contributed by atoms with E-state index in [1.807, 2.05) is 0 Å². The fourth-order valence-electron chi connectivity index (χ4n) is 5.11. The van der Waals surface area contributed by atoms with Crippen molar-refractivity contribution < 1.29 is 37.3 Å². The average Bonchev–Trinajstić information content (AvgIpc) is 2.89. The van der Waals surface area contributed by atoms with Crippen molar-refractivity contribution in [1.29, 1.82) is 0 Å². The summed E-state index contributed by atoms with van der Waals surface area (Å²) < 4.78 is 50.7. The molecule has 40 heavy (non-hydrogen) atoms. The molecule has 0 aliphatic rings. The molecule has 0 heterocycles. The summed E-state index contributed by atoms with van der Waals surface area (Å²) >= 11 is 0. The molecule has 0 fully saturated rings. The van der Waals surface area contributed by atoms with Gasteiger partial charge >= 0.3 is 0 Å². The van der Waals surface area contributed by atoms with Crippen molar-refractivity contribution >= 4 is 19.7 Å². The quantitative estimate of drug-likeness (QED) is 0.0851. The largest absolute Gasteiger partial charge is 0.391 e. The molecule has 0 saturated carbocycles. The Kier molecular flexibility index (Phi) is 23.1. The monoisotopic (exact) mass is 614 g/mol. The summed E-state index contributed by atoms with van der Waals surface area (Å²) in [6.45, 7) is 5.53. The Balaban J connectivity index is 4.98. The predicted octanol–water partition coefficient (Wildman–Crippen LogP) is 5.45. The summed E-state index contributed by atoms with van der Waals surface area (Å²) in [7, 11) is -8.69. The fraction of sp³-hybridized carbons (Fsp3) is 1.00. The first-order valence-electron chi connectivity index (χ1n) is 16.1. The summed E-state index contributed by atoms with van der Waals surface area (Å²) in [6.07, 6.45) is 12.1. The summed E-state index contributed by atoms with van der Waals surface area (Å²) in [5.41, 5.74) is 0. The molecule has 0 aromatic rings. The topological polar surface area (TPSA) is 149 Å². The van der Waals surface area contributed by atoms with Gasteiger partial charge in [-0.15, -0.1) is 0 Å². The van der Waals surface area contributed by atoms with Crippen molar-refractivity contribution in [1.82, 2.24) is 0 Å². The lowest BCUT2D eigenvalue weighted by molar-refractivity contribution is -0.0960. The van der Waals surface area contributed by atoms with Crippen LogP contribution >= 0.6 is 0 Å². The minimum absolute atomic E-state index is 0.268. The van der Waals surface area contributed by atoms with E-state index in [4.69, 9.17) is 0 Å². The van der Waals surface area contributed by atoms with E-state index in [2.05, 4.69) is 13.8 Å². The molecule has 0 aromatic carbocycles. The third-order valence-electron chi connectivity index (χ3n) is 7.75. The highest BCUT2D eigenvalue weighted by Crippen LogP contribution is 2.24. The van der Waals surface area contributed by atoms with E-state index in [0.717, 1.165) is 51.4 Å².